The van der Waals surface area contributed by atoms with Crippen LogP contribution in [0.1, 0.15) is 29.9 Å². The third kappa shape index (κ3) is 2.31. The lowest BCUT2D eigenvalue weighted by Crippen LogP contribution is -2.35. The number of aliphatic hydroxyl groups is 1. The summed E-state index contributed by atoms with van der Waals surface area (Å²) >= 11 is 0. The second-order valence-electron chi connectivity index (χ2n) is 4.90. The van der Waals surface area contributed by atoms with Gasteiger partial charge in [-0.15, -0.1) is 0 Å². The molecule has 0 saturated carbocycles. The fraction of sp³-hybridized carbons (Fsp3) is 0.571. The molecule has 3 nitrogen and oxygen atoms in total. The van der Waals surface area contributed by atoms with E-state index in [-0.39, 0.29) is 5.92 Å². The highest BCUT2D eigenvalue weighted by Crippen LogP contribution is 2.38. The molecule has 17 heavy (non-hydrogen) atoms. The number of ether oxygens (including phenoxy) is 1. The lowest BCUT2D eigenvalue weighted by atomic mass is 9.81. The van der Waals surface area contributed by atoms with Crippen molar-refractivity contribution < 1.29 is 9.84 Å². The molecule has 94 valence electrons. The summed E-state index contributed by atoms with van der Waals surface area (Å²) in [6.45, 7) is 0. The summed E-state index contributed by atoms with van der Waals surface area (Å²) < 4.78 is 5.41. The maximum absolute atomic E-state index is 10.2. The van der Waals surface area contributed by atoms with Gasteiger partial charge in [0.1, 0.15) is 12.0 Å². The van der Waals surface area contributed by atoms with Crippen molar-refractivity contribution in [2.45, 2.75) is 31.4 Å². The van der Waals surface area contributed by atoms with E-state index in [0.29, 0.717) is 0 Å². The molecule has 1 aliphatic rings. The summed E-state index contributed by atoms with van der Waals surface area (Å²) in [7, 11) is 5.54. The minimum absolute atomic E-state index is 0.198. The quantitative estimate of drug-likeness (QED) is 0.813. The molecule has 2 rings (SSSR count). The fourth-order valence-electron chi connectivity index (χ4n) is 2.71. The lowest BCUT2D eigenvalue weighted by Gasteiger charge is -2.33. The first-order valence-corrected chi connectivity index (χ1v) is 6.15. The van der Waals surface area contributed by atoms with Gasteiger partial charge in [0.05, 0.1) is 7.11 Å². The molecule has 0 amide bonds. The molecular formula is C14H21NO2. The van der Waals surface area contributed by atoms with Gasteiger partial charge in [0.2, 0.25) is 0 Å². The van der Waals surface area contributed by atoms with Crippen molar-refractivity contribution >= 4 is 0 Å². The Labute approximate surface area is 103 Å². The smallest absolute Gasteiger partial charge is 0.122 e. The van der Waals surface area contributed by atoms with Crippen LogP contribution in [0.4, 0.5) is 0 Å². The van der Waals surface area contributed by atoms with Crippen LogP contribution in [-0.2, 0) is 6.42 Å². The molecule has 0 bridgehead atoms. The summed E-state index contributed by atoms with van der Waals surface area (Å²) in [6, 6.07) is 6.13. The standard InChI is InChI=1S/C14H21NO2/c1-15(2)14(16)12-8-4-7-11-10(12)6-5-9-13(11)17-3/h5-6,9,12,14,16H,4,7-8H2,1-3H3. The van der Waals surface area contributed by atoms with Gasteiger partial charge in [-0.3, -0.25) is 4.90 Å². The average molecular weight is 235 g/mol. The highest BCUT2D eigenvalue weighted by molar-refractivity contribution is 5.44. The molecule has 3 heteroatoms. The van der Waals surface area contributed by atoms with Crippen molar-refractivity contribution in [3.8, 4) is 5.75 Å². The number of hydrogen-bond donors (Lipinski definition) is 1. The van der Waals surface area contributed by atoms with Crippen molar-refractivity contribution in [2.75, 3.05) is 21.2 Å². The SMILES string of the molecule is COc1cccc2c1CCCC2C(O)N(C)C. The molecule has 0 saturated heterocycles. The van der Waals surface area contributed by atoms with Gasteiger partial charge in [0.25, 0.3) is 0 Å². The first-order chi connectivity index (χ1) is 8.15. The Bertz CT molecular complexity index is 390. The van der Waals surface area contributed by atoms with Crippen molar-refractivity contribution in [3.63, 3.8) is 0 Å². The maximum atomic E-state index is 10.2. The Morgan fingerprint density at radius 3 is 2.82 bits per heavy atom. The number of aliphatic hydroxyl groups excluding tert-OH is 1. The van der Waals surface area contributed by atoms with Crippen molar-refractivity contribution in [2.24, 2.45) is 0 Å². The second kappa shape index (κ2) is 5.07. The van der Waals surface area contributed by atoms with Crippen LogP contribution in [-0.4, -0.2) is 37.4 Å². The molecule has 1 aromatic rings. The van der Waals surface area contributed by atoms with Crippen LogP contribution in [0, 0.1) is 0 Å². The maximum Gasteiger partial charge on any atom is 0.122 e. The molecule has 0 aromatic heterocycles. The predicted molar refractivity (Wildman–Crippen MR) is 68.4 cm³/mol. The zero-order chi connectivity index (χ0) is 12.4. The number of hydrogen-bond acceptors (Lipinski definition) is 3. The van der Waals surface area contributed by atoms with Gasteiger partial charge in [-0.05, 0) is 50.6 Å². The number of benzene rings is 1. The molecule has 0 radical (unpaired) electrons. The van der Waals surface area contributed by atoms with Gasteiger partial charge in [-0.2, -0.15) is 0 Å². The van der Waals surface area contributed by atoms with E-state index in [1.54, 1.807) is 7.11 Å². The number of nitrogens with zero attached hydrogens (tertiary/aromatic N) is 1. The predicted octanol–water partition coefficient (Wildman–Crippen LogP) is 2.00. The summed E-state index contributed by atoms with van der Waals surface area (Å²) in [5, 5.41) is 10.2. The molecule has 0 aliphatic heterocycles. The molecule has 0 fully saturated rings. The Morgan fingerprint density at radius 1 is 1.41 bits per heavy atom. The van der Waals surface area contributed by atoms with Gasteiger partial charge >= 0.3 is 0 Å². The van der Waals surface area contributed by atoms with Crippen LogP contribution < -0.4 is 4.74 Å². The van der Waals surface area contributed by atoms with Gasteiger partial charge in [-0.1, -0.05) is 12.1 Å². The van der Waals surface area contributed by atoms with Crippen molar-refractivity contribution in [3.05, 3.63) is 29.3 Å². The minimum atomic E-state index is -0.416. The zero-order valence-electron chi connectivity index (χ0n) is 10.8. The molecule has 1 aliphatic carbocycles. The summed E-state index contributed by atoms with van der Waals surface area (Å²) in [5.74, 6) is 1.15. The first kappa shape index (κ1) is 12.4. The second-order valence-corrected chi connectivity index (χ2v) is 4.90. The van der Waals surface area contributed by atoms with Gasteiger partial charge in [-0.25, -0.2) is 0 Å². The van der Waals surface area contributed by atoms with Crippen LogP contribution in [0.25, 0.3) is 0 Å². The van der Waals surface area contributed by atoms with E-state index >= 15 is 0 Å². The topological polar surface area (TPSA) is 32.7 Å². The van der Waals surface area contributed by atoms with E-state index in [0.717, 1.165) is 25.0 Å². The molecule has 0 spiro atoms. The van der Waals surface area contributed by atoms with Crippen LogP contribution in [0.2, 0.25) is 0 Å². The molecule has 2 atom stereocenters. The number of likely N-dealkylation sites (N-methyl/N-ethyl adjacent to an activating group) is 1. The Hall–Kier alpha value is -1.06. The van der Waals surface area contributed by atoms with E-state index in [2.05, 4.69) is 6.07 Å². The lowest BCUT2D eigenvalue weighted by molar-refractivity contribution is 0.0117. The van der Waals surface area contributed by atoms with Crippen LogP contribution in [0.5, 0.6) is 5.75 Å². The van der Waals surface area contributed by atoms with Crippen LogP contribution in [0.3, 0.4) is 0 Å². The Kier molecular flexibility index (Phi) is 3.69. The van der Waals surface area contributed by atoms with Crippen LogP contribution in [0.15, 0.2) is 18.2 Å². The summed E-state index contributed by atoms with van der Waals surface area (Å²) in [5.41, 5.74) is 2.52. The van der Waals surface area contributed by atoms with E-state index in [1.807, 2.05) is 31.1 Å². The number of fused-ring (bicyclic) bond motifs is 1. The Morgan fingerprint density at radius 2 is 2.18 bits per heavy atom. The average Bonchev–Trinajstić information content (AvgIpc) is 2.36. The summed E-state index contributed by atoms with van der Waals surface area (Å²) in [6.07, 6.45) is 2.79. The monoisotopic (exact) mass is 235 g/mol. The normalized spacial score (nSPS) is 21.1. The molecular weight excluding hydrogens is 214 g/mol. The number of methoxy groups -OCH3 is 1. The minimum Gasteiger partial charge on any atom is -0.496 e. The van der Waals surface area contributed by atoms with E-state index in [4.69, 9.17) is 4.74 Å². The first-order valence-electron chi connectivity index (χ1n) is 6.15. The largest absolute Gasteiger partial charge is 0.496 e. The fourth-order valence-corrected chi connectivity index (χ4v) is 2.71. The molecule has 1 N–H and O–H groups in total. The zero-order valence-corrected chi connectivity index (χ0v) is 10.8. The van der Waals surface area contributed by atoms with Crippen molar-refractivity contribution in [1.82, 2.24) is 4.90 Å². The third-order valence-corrected chi connectivity index (χ3v) is 3.62. The highest BCUT2D eigenvalue weighted by Gasteiger charge is 2.29. The molecule has 0 heterocycles. The van der Waals surface area contributed by atoms with Crippen molar-refractivity contribution in [1.29, 1.82) is 0 Å². The van der Waals surface area contributed by atoms with Gasteiger partial charge in [0.15, 0.2) is 0 Å². The third-order valence-electron chi connectivity index (χ3n) is 3.62. The van der Waals surface area contributed by atoms with Gasteiger partial charge in [0, 0.05) is 5.92 Å². The molecule has 1 aromatic carbocycles. The highest BCUT2D eigenvalue weighted by atomic mass is 16.5. The number of rotatable bonds is 3. The van der Waals surface area contributed by atoms with E-state index in [9.17, 15) is 5.11 Å². The van der Waals surface area contributed by atoms with E-state index in [1.165, 1.54) is 11.1 Å². The van der Waals surface area contributed by atoms with Gasteiger partial charge < -0.3 is 9.84 Å². The van der Waals surface area contributed by atoms with E-state index < -0.39 is 6.23 Å². The van der Waals surface area contributed by atoms with Crippen LogP contribution >= 0.6 is 0 Å². The molecule has 2 unspecified atom stereocenters. The summed E-state index contributed by atoms with van der Waals surface area (Å²) in [4.78, 5) is 1.87. The Balaban J connectivity index is 2.38.